The van der Waals surface area contributed by atoms with Crippen LogP contribution in [0.3, 0.4) is 0 Å². The average molecular weight is 1100 g/mol. The van der Waals surface area contributed by atoms with Crippen LogP contribution in [0, 0.1) is 64.1 Å². The first-order valence-electron chi connectivity index (χ1n) is 32.2. The maximum atomic E-state index is 15.9. The van der Waals surface area contributed by atoms with Gasteiger partial charge in [-0.1, -0.05) is 104 Å². The number of allylic oxidation sites excluding steroid dienone is 6. The standard InChI is InChI=1S/C72H85N3O7/c1-42-36-70-24-20-45-30-48-38-69(41-77)21-8-5-19-58(69)57(40-76)62(48)59(79)34-55(45)56-35-60(82-53-16-3-4-17-53)66(80)64-54(56)18-10-15-51(31-47-32-61(70)71(37-42)39-46-13-11-25-81-67(46)63(47)65(64)71)74-68(73)75-72(22-6-2-7-23-72)49-14-9-12-43(27-49)26-44-28-50(70)33-52(78)29-44/h8-9,12,14,20-21,24,27-29,32-33,35,42,45-48,51,53,55,58,63,65,67,76-78,80H,2-7,11,13,15-17,19,22-23,25-26,30-31,34,36-41H2,1H3,(H3,73,74,75)/b24-20+/t42-,45+,46-,47+,48+,51+,55-,58-,63-,65-,67+,69+,70+,71+/m1/s1. The summed E-state index contributed by atoms with van der Waals surface area (Å²) in [4.78, 5) is 21.5. The lowest BCUT2D eigenvalue weighted by Crippen LogP contribution is -2.61. The summed E-state index contributed by atoms with van der Waals surface area (Å²) in [7, 11) is 0. The van der Waals surface area contributed by atoms with Gasteiger partial charge in [-0.15, -0.1) is 0 Å². The van der Waals surface area contributed by atoms with Gasteiger partial charge in [0.2, 0.25) is 0 Å². The second-order valence-electron chi connectivity index (χ2n) is 28.4. The highest BCUT2D eigenvalue weighted by atomic mass is 16.5. The largest absolute Gasteiger partial charge is 0.508 e. The molecule has 10 heteroatoms. The first-order chi connectivity index (χ1) is 39.9. The van der Waals surface area contributed by atoms with Gasteiger partial charge in [-0.3, -0.25) is 4.79 Å². The number of ether oxygens (including phenoxy) is 2. The third-order valence-corrected chi connectivity index (χ3v) is 23.7. The minimum absolute atomic E-state index is 0.0418. The van der Waals surface area contributed by atoms with Gasteiger partial charge in [-0.25, -0.2) is 4.99 Å². The fourth-order valence-corrected chi connectivity index (χ4v) is 20.8. The number of guanidine groups is 1. The lowest BCUT2D eigenvalue weighted by molar-refractivity contribution is -0.144. The van der Waals surface area contributed by atoms with Crippen molar-refractivity contribution in [2.45, 2.75) is 189 Å². The minimum Gasteiger partial charge on any atom is -0.508 e. The monoisotopic (exact) mass is 1100 g/mol. The third-order valence-electron chi connectivity index (χ3n) is 23.7. The maximum absolute atomic E-state index is 15.9. The van der Waals surface area contributed by atoms with Crippen LogP contribution in [0.2, 0.25) is 0 Å². The van der Waals surface area contributed by atoms with E-state index in [4.69, 9.17) is 20.2 Å². The van der Waals surface area contributed by atoms with E-state index in [9.17, 15) is 20.4 Å². The van der Waals surface area contributed by atoms with Gasteiger partial charge in [-0.2, -0.15) is 0 Å². The summed E-state index contributed by atoms with van der Waals surface area (Å²) in [6.07, 6.45) is 30.8. The Morgan fingerprint density at radius 1 is 0.890 bits per heavy atom. The Hall–Kier alpha value is -5.60. The Kier molecular flexibility index (Phi) is 13.2. The van der Waals surface area contributed by atoms with E-state index >= 15 is 4.79 Å². The summed E-state index contributed by atoms with van der Waals surface area (Å²) in [5.74, 6) is 8.43. The van der Waals surface area contributed by atoms with E-state index in [2.05, 4.69) is 96.9 Å². The number of ketones is 1. The molecule has 0 radical (unpaired) electrons. The van der Waals surface area contributed by atoms with Crippen LogP contribution in [0.4, 0.5) is 0 Å². The fraction of sp³-hybridized carbons (Fsp3) is 0.583. The molecular weight excluding hydrogens is 1020 g/mol. The number of Topliss-reactive ketones (excluding diaryl/α,β-unsaturated/α-hetero) is 1. The summed E-state index contributed by atoms with van der Waals surface area (Å²) >= 11 is 0. The highest BCUT2D eigenvalue weighted by Gasteiger charge is 2.66. The molecule has 2 aliphatic heterocycles. The Labute approximate surface area is 485 Å². The number of nitrogens with one attached hydrogen (secondary N) is 1. The predicted molar refractivity (Wildman–Crippen MR) is 318 cm³/mol. The molecule has 6 fully saturated rings. The van der Waals surface area contributed by atoms with Crippen molar-refractivity contribution in [2.24, 2.45) is 63.0 Å². The van der Waals surface area contributed by atoms with Gasteiger partial charge < -0.3 is 41.0 Å². The molecule has 0 amide bonds. The molecule has 2 spiro atoms. The van der Waals surface area contributed by atoms with Gasteiger partial charge in [0.05, 0.1) is 37.0 Å². The number of rotatable bonds is 4. The summed E-state index contributed by atoms with van der Waals surface area (Å²) in [6.45, 7) is 2.87. The van der Waals surface area contributed by atoms with Crippen LogP contribution >= 0.6 is 0 Å². The molecule has 15 rings (SSSR count). The number of phenols is 2. The summed E-state index contributed by atoms with van der Waals surface area (Å²) in [6, 6.07) is 17.3. The van der Waals surface area contributed by atoms with E-state index in [1.165, 1.54) is 23.1 Å². The molecular formula is C72H85N3O7. The van der Waals surface area contributed by atoms with Crippen LogP contribution in [0.5, 0.6) is 17.2 Å². The molecule has 1 saturated heterocycles. The Morgan fingerprint density at radius 2 is 1.74 bits per heavy atom. The van der Waals surface area contributed by atoms with E-state index < -0.39 is 21.8 Å². The smallest absolute Gasteiger partial charge is 0.189 e. The molecule has 0 unspecified atom stereocenters. The molecule has 2 heterocycles. The molecule has 12 aliphatic rings. The molecule has 0 aromatic heterocycles. The summed E-state index contributed by atoms with van der Waals surface area (Å²) in [5.41, 5.74) is 15.4. The van der Waals surface area contributed by atoms with Crippen LogP contribution in [0.1, 0.15) is 193 Å². The molecule has 82 heavy (non-hydrogen) atoms. The summed E-state index contributed by atoms with van der Waals surface area (Å²) < 4.78 is 14.5. The van der Waals surface area contributed by atoms with Crippen molar-refractivity contribution in [2.75, 3.05) is 19.8 Å². The Bertz CT molecular complexity index is 3310. The van der Waals surface area contributed by atoms with Crippen LogP contribution < -0.4 is 15.8 Å². The van der Waals surface area contributed by atoms with Crippen molar-refractivity contribution in [1.29, 1.82) is 0 Å². The normalized spacial score (nSPS) is 38.1. The SMILES string of the molecule is C[C@H]1C[C@]23C[C@H]4CCCO[C@@H]4[C@@H]4[C@@H]5C=C2[C@@]2(/C=C/[C@H]6C[C@H]7C[C@]8(CO)C=CCC[C@@H]8C(CO)=C7C(=O)C[C@H]6c6cc(OC7CCCC7)c(O)c(c6C#CC[C@@H](C5)N=C(N)NC5(CCCCC5)c5cccc(c5)Cc5cc(O)cc2c5)[C@@H]43)C1. The van der Waals surface area contributed by atoms with Crippen LogP contribution in [0.15, 0.2) is 101 Å². The zero-order valence-corrected chi connectivity index (χ0v) is 48.1. The van der Waals surface area contributed by atoms with Crippen molar-refractivity contribution < 1.29 is 34.7 Å². The Balaban J connectivity index is 1.05. The number of aliphatic imine (C=N–C) groups is 1. The Morgan fingerprint density at radius 3 is 2.59 bits per heavy atom. The van der Waals surface area contributed by atoms with Gasteiger partial charge in [0, 0.05) is 58.3 Å². The van der Waals surface area contributed by atoms with Gasteiger partial charge >= 0.3 is 0 Å². The van der Waals surface area contributed by atoms with Crippen molar-refractivity contribution in [3.8, 4) is 29.1 Å². The number of nitrogens with two attached hydrogens (primary N) is 1. The highest BCUT2D eigenvalue weighted by Crippen LogP contribution is 2.74. The van der Waals surface area contributed by atoms with E-state index in [0.717, 1.165) is 135 Å². The topological polar surface area (TPSA) is 167 Å². The zero-order valence-electron chi connectivity index (χ0n) is 48.1. The lowest BCUT2D eigenvalue weighted by Gasteiger charge is -2.66. The van der Waals surface area contributed by atoms with Crippen LogP contribution in [0.25, 0.3) is 0 Å². The molecule has 3 aromatic carbocycles. The predicted octanol–water partition coefficient (Wildman–Crippen LogP) is 12.3. The molecule has 14 atom stereocenters. The van der Waals surface area contributed by atoms with Gasteiger partial charge in [0.1, 0.15) is 5.75 Å². The van der Waals surface area contributed by atoms with E-state index in [0.29, 0.717) is 50.4 Å². The van der Waals surface area contributed by atoms with Crippen molar-refractivity contribution in [3.63, 3.8) is 0 Å². The number of benzene rings is 3. The van der Waals surface area contributed by atoms with Crippen LogP contribution in [-0.2, 0) is 26.9 Å². The number of nitrogens with zero attached hydrogens (tertiary/aromatic N) is 1. The fourth-order valence-electron chi connectivity index (χ4n) is 20.8. The lowest BCUT2D eigenvalue weighted by atomic mass is 9.38. The molecule has 7 N–H and O–H groups in total. The number of hydrogen-bond acceptors (Lipinski definition) is 10. The molecule has 5 saturated carbocycles. The molecule has 3 aromatic rings. The number of aliphatic hydroxyl groups is 2. The molecule has 10 aliphatic carbocycles. The molecule has 430 valence electrons. The van der Waals surface area contributed by atoms with E-state index in [-0.39, 0.29) is 108 Å². The highest BCUT2D eigenvalue weighted by molar-refractivity contribution is 5.98. The van der Waals surface area contributed by atoms with Crippen LogP contribution in [-0.4, -0.2) is 70.2 Å². The van der Waals surface area contributed by atoms with Gasteiger partial charge in [0.25, 0.3) is 0 Å². The number of fused-ring (bicyclic) bond motifs is 11. The first-order valence-corrected chi connectivity index (χ1v) is 32.2. The average Bonchev–Trinajstić information content (AvgIpc) is 0.977. The summed E-state index contributed by atoms with van der Waals surface area (Å²) in [5, 5.41) is 53.2. The number of aliphatic hydroxyl groups excluding tert-OH is 2. The second kappa shape index (κ2) is 20.3. The maximum Gasteiger partial charge on any atom is 0.189 e. The van der Waals surface area contributed by atoms with Crippen molar-refractivity contribution in [1.82, 2.24) is 5.32 Å². The zero-order chi connectivity index (χ0) is 55.7. The quantitative estimate of drug-likeness (QED) is 0.110. The third kappa shape index (κ3) is 8.40. The van der Waals surface area contributed by atoms with Crippen molar-refractivity contribution >= 4 is 11.7 Å². The van der Waals surface area contributed by atoms with Crippen molar-refractivity contribution in [3.05, 3.63) is 135 Å². The van der Waals surface area contributed by atoms with E-state index in [1.807, 2.05) is 6.07 Å². The molecule has 10 nitrogen and oxygen atoms in total. The number of carbonyl (C=O) groups excluding carboxylic acids is 1. The second-order valence-corrected chi connectivity index (χ2v) is 28.4. The molecule has 14 bridgehead atoms. The van der Waals surface area contributed by atoms with E-state index in [1.54, 1.807) is 0 Å². The number of hydrogen-bond donors (Lipinski definition) is 6. The number of phenolic OH excluding ortho intramolecular Hbond substituents is 2. The number of carbonyl (C=O) groups is 1. The van der Waals surface area contributed by atoms with Gasteiger partial charge in [-0.05, 0) is 208 Å². The minimum atomic E-state index is -0.714. The number of aromatic hydroxyl groups is 2. The first kappa shape index (κ1) is 53.1. The van der Waals surface area contributed by atoms with Gasteiger partial charge in [0.15, 0.2) is 23.2 Å².